The van der Waals surface area contributed by atoms with Crippen LogP contribution in [0.3, 0.4) is 0 Å². The van der Waals surface area contributed by atoms with Gasteiger partial charge in [-0.25, -0.2) is 0 Å². The average molecular weight is 157 g/mol. The Hall–Kier alpha value is -0.280. The second kappa shape index (κ2) is 2.54. The first-order chi connectivity index (χ1) is 4.22. The van der Waals surface area contributed by atoms with Crippen molar-refractivity contribution in [1.82, 2.24) is 4.98 Å². The molecule has 1 rings (SSSR count). The lowest BCUT2D eigenvalue weighted by Crippen LogP contribution is -1.80. The molecule has 0 aliphatic rings. The Balaban J connectivity index is 3.43. The summed E-state index contributed by atoms with van der Waals surface area (Å²) in [6.07, 6.45) is 1.82. The van der Waals surface area contributed by atoms with Crippen molar-refractivity contribution in [2.45, 2.75) is 11.8 Å². The molecular weight excluding hydrogens is 150 g/mol. The fourth-order valence-corrected chi connectivity index (χ4v) is 0.935. The smallest absolute Gasteiger partial charge is 0.0542 e. The van der Waals surface area contributed by atoms with Crippen molar-refractivity contribution < 1.29 is 0 Å². The predicted molar refractivity (Wildman–Crippen MR) is 43.6 cm³/mol. The molecule has 0 saturated heterocycles. The molecule has 1 aromatic rings. The molecule has 0 saturated carbocycles. The van der Waals surface area contributed by atoms with E-state index in [2.05, 4.69) is 17.6 Å². The molecule has 0 spiro atoms. The molecule has 0 bridgehead atoms. The minimum absolute atomic E-state index is 0.801. The van der Waals surface area contributed by atoms with Crippen molar-refractivity contribution in [2.24, 2.45) is 0 Å². The summed E-state index contributed by atoms with van der Waals surface area (Å²) in [5.74, 6) is 0. The van der Waals surface area contributed by atoms with E-state index in [0.717, 1.165) is 15.1 Å². The van der Waals surface area contributed by atoms with Crippen LogP contribution < -0.4 is 0 Å². The van der Waals surface area contributed by atoms with Crippen LogP contribution in [-0.4, -0.2) is 4.98 Å². The summed E-state index contributed by atoms with van der Waals surface area (Å²) in [5.41, 5.74) is 1.02. The minimum Gasteiger partial charge on any atom is -0.364 e. The van der Waals surface area contributed by atoms with Gasteiger partial charge in [0, 0.05) is 16.8 Å². The topological polar surface area (TPSA) is 15.8 Å². The van der Waals surface area contributed by atoms with Crippen LogP contribution >= 0.6 is 24.8 Å². The van der Waals surface area contributed by atoms with E-state index in [9.17, 15) is 0 Å². The Morgan fingerprint density at radius 1 is 1.67 bits per heavy atom. The number of pyridine rings is 1. The molecule has 0 unspecified atom stereocenters. The number of aromatic amines is 1. The second-order valence-electron chi connectivity index (χ2n) is 1.82. The highest BCUT2D eigenvalue weighted by Gasteiger charge is 1.90. The summed E-state index contributed by atoms with van der Waals surface area (Å²) >= 11 is 9.12. The first-order valence-electron chi connectivity index (χ1n) is 2.59. The Morgan fingerprint density at radius 2 is 2.33 bits per heavy atom. The van der Waals surface area contributed by atoms with Gasteiger partial charge < -0.3 is 4.98 Å². The molecule has 0 fully saturated rings. The maximum absolute atomic E-state index is 4.94. The van der Waals surface area contributed by atoms with Gasteiger partial charge in [0.25, 0.3) is 0 Å². The van der Waals surface area contributed by atoms with Crippen LogP contribution in [0.25, 0.3) is 0 Å². The zero-order valence-corrected chi connectivity index (χ0v) is 6.72. The molecule has 1 N–H and O–H groups in total. The highest BCUT2D eigenvalue weighted by molar-refractivity contribution is 7.81. The quantitative estimate of drug-likeness (QED) is 0.436. The number of nitrogens with one attached hydrogen (secondary N) is 1. The van der Waals surface area contributed by atoms with Gasteiger partial charge in [-0.15, -0.1) is 12.6 Å². The van der Waals surface area contributed by atoms with Gasteiger partial charge in [0.2, 0.25) is 0 Å². The lowest BCUT2D eigenvalue weighted by Gasteiger charge is -1.95. The molecule has 0 aliphatic carbocycles. The molecule has 1 nitrogen and oxygen atoms in total. The molecule has 0 aromatic carbocycles. The van der Waals surface area contributed by atoms with Crippen LogP contribution in [0.1, 0.15) is 5.69 Å². The summed E-state index contributed by atoms with van der Waals surface area (Å²) < 4.78 is 0.801. The third-order valence-electron chi connectivity index (χ3n) is 1.12. The van der Waals surface area contributed by atoms with Gasteiger partial charge >= 0.3 is 0 Å². The molecule has 0 amide bonds. The minimum atomic E-state index is 0.801. The van der Waals surface area contributed by atoms with Crippen molar-refractivity contribution in [3.8, 4) is 0 Å². The van der Waals surface area contributed by atoms with E-state index in [0.29, 0.717) is 0 Å². The molecule has 48 valence electrons. The van der Waals surface area contributed by atoms with Gasteiger partial charge in [0.05, 0.1) is 4.51 Å². The monoisotopic (exact) mass is 157 g/mol. The Bertz CT molecular complexity index is 264. The van der Waals surface area contributed by atoms with Crippen molar-refractivity contribution >= 4 is 24.8 Å². The normalized spacial score (nSPS) is 9.56. The molecule has 0 radical (unpaired) electrons. The largest absolute Gasteiger partial charge is 0.364 e. The van der Waals surface area contributed by atoms with Gasteiger partial charge in [0.15, 0.2) is 0 Å². The lowest BCUT2D eigenvalue weighted by molar-refractivity contribution is 1.11. The molecule has 9 heavy (non-hydrogen) atoms. The van der Waals surface area contributed by atoms with E-state index in [4.69, 9.17) is 12.2 Å². The lowest BCUT2D eigenvalue weighted by atomic mass is 10.4. The summed E-state index contributed by atoms with van der Waals surface area (Å²) in [6, 6.07) is 1.82. The standard InChI is InChI=1S/C6H7NS2/c1-4-6(9)5(8)2-3-7-4/h2-3,9H,1H3,(H,7,8). The van der Waals surface area contributed by atoms with Gasteiger partial charge in [-0.3, -0.25) is 0 Å². The Kier molecular flexibility index (Phi) is 1.93. The number of aryl methyl sites for hydroxylation is 1. The first kappa shape index (κ1) is 6.83. The molecule has 3 heteroatoms. The van der Waals surface area contributed by atoms with Crippen molar-refractivity contribution in [3.05, 3.63) is 22.5 Å². The summed E-state index contributed by atoms with van der Waals surface area (Å²) in [6.45, 7) is 1.94. The van der Waals surface area contributed by atoms with Gasteiger partial charge in [-0.2, -0.15) is 0 Å². The SMILES string of the molecule is Cc1[nH]ccc(=S)c1S. The third kappa shape index (κ3) is 1.34. The van der Waals surface area contributed by atoms with Gasteiger partial charge in [-0.1, -0.05) is 12.2 Å². The average Bonchev–Trinajstić information content (AvgIpc) is 1.83. The van der Waals surface area contributed by atoms with Crippen LogP contribution in [0.5, 0.6) is 0 Å². The predicted octanol–water partition coefficient (Wildman–Crippen LogP) is 2.34. The van der Waals surface area contributed by atoms with Crippen LogP contribution in [-0.2, 0) is 0 Å². The zero-order chi connectivity index (χ0) is 6.85. The third-order valence-corrected chi connectivity index (χ3v) is 2.19. The van der Waals surface area contributed by atoms with Crippen LogP contribution in [0.4, 0.5) is 0 Å². The van der Waals surface area contributed by atoms with E-state index in [-0.39, 0.29) is 0 Å². The number of aromatic nitrogens is 1. The maximum atomic E-state index is 4.94. The highest BCUT2D eigenvalue weighted by atomic mass is 32.1. The number of rotatable bonds is 0. The van der Waals surface area contributed by atoms with Gasteiger partial charge in [0.1, 0.15) is 0 Å². The van der Waals surface area contributed by atoms with E-state index >= 15 is 0 Å². The number of thiol groups is 1. The van der Waals surface area contributed by atoms with Crippen molar-refractivity contribution in [1.29, 1.82) is 0 Å². The fourth-order valence-electron chi connectivity index (χ4n) is 0.574. The van der Waals surface area contributed by atoms with Crippen molar-refractivity contribution in [2.75, 3.05) is 0 Å². The molecule has 0 atom stereocenters. The van der Waals surface area contributed by atoms with E-state index in [1.165, 1.54) is 0 Å². The molecular formula is C6H7NS2. The van der Waals surface area contributed by atoms with Crippen LogP contribution in [0.2, 0.25) is 0 Å². The summed E-state index contributed by atoms with van der Waals surface area (Å²) in [4.78, 5) is 3.87. The van der Waals surface area contributed by atoms with E-state index < -0.39 is 0 Å². The first-order valence-corrected chi connectivity index (χ1v) is 3.44. The highest BCUT2D eigenvalue weighted by Crippen LogP contribution is 2.10. The Labute approximate surface area is 64.5 Å². The van der Waals surface area contributed by atoms with Crippen LogP contribution in [0, 0.1) is 11.4 Å². The number of H-pyrrole nitrogens is 1. The van der Waals surface area contributed by atoms with Crippen LogP contribution in [0.15, 0.2) is 17.2 Å². The number of hydrogen-bond donors (Lipinski definition) is 2. The molecule has 1 heterocycles. The van der Waals surface area contributed by atoms with E-state index in [1.807, 2.05) is 19.2 Å². The summed E-state index contributed by atoms with van der Waals surface area (Å²) in [7, 11) is 0. The van der Waals surface area contributed by atoms with Crippen molar-refractivity contribution in [3.63, 3.8) is 0 Å². The van der Waals surface area contributed by atoms with E-state index in [1.54, 1.807) is 0 Å². The second-order valence-corrected chi connectivity index (χ2v) is 2.70. The fraction of sp³-hybridized carbons (Fsp3) is 0.167. The van der Waals surface area contributed by atoms with Gasteiger partial charge in [-0.05, 0) is 13.0 Å². The number of hydrogen-bond acceptors (Lipinski definition) is 2. The Morgan fingerprint density at radius 3 is 2.78 bits per heavy atom. The summed E-state index contributed by atoms with van der Waals surface area (Å²) in [5, 5.41) is 0. The molecule has 0 aliphatic heterocycles. The zero-order valence-electron chi connectivity index (χ0n) is 5.01. The maximum Gasteiger partial charge on any atom is 0.0542 e. The molecule has 1 aromatic heterocycles.